The molecule has 3 atom stereocenters. The molecule has 1 aliphatic rings. The molecule has 3 unspecified atom stereocenters. The van der Waals surface area contributed by atoms with Gasteiger partial charge in [-0.15, -0.1) is 0 Å². The minimum atomic E-state index is 0.331. The van der Waals surface area contributed by atoms with Gasteiger partial charge < -0.3 is 5.32 Å². The van der Waals surface area contributed by atoms with Crippen molar-refractivity contribution in [3.63, 3.8) is 0 Å². The first-order valence-corrected chi connectivity index (χ1v) is 7.55. The van der Waals surface area contributed by atoms with E-state index in [-0.39, 0.29) is 0 Å². The molecular formula is C15H32N2. The maximum atomic E-state index is 3.78. The van der Waals surface area contributed by atoms with Gasteiger partial charge in [0.05, 0.1) is 0 Å². The molecule has 1 heterocycles. The zero-order valence-corrected chi connectivity index (χ0v) is 12.6. The average Bonchev–Trinajstić information content (AvgIpc) is 2.35. The summed E-state index contributed by atoms with van der Waals surface area (Å²) in [7, 11) is 0. The van der Waals surface area contributed by atoms with E-state index in [0.717, 1.165) is 12.0 Å². The van der Waals surface area contributed by atoms with E-state index in [1.165, 1.54) is 45.3 Å². The van der Waals surface area contributed by atoms with Crippen molar-refractivity contribution in [2.45, 2.75) is 71.9 Å². The first-order chi connectivity index (χ1) is 8.06. The van der Waals surface area contributed by atoms with Crippen molar-refractivity contribution in [3.05, 3.63) is 0 Å². The number of nitrogens with one attached hydrogen (secondary N) is 1. The number of rotatable bonds is 6. The highest BCUT2D eigenvalue weighted by atomic mass is 15.3. The highest BCUT2D eigenvalue weighted by molar-refractivity contribution is 4.95. The predicted molar refractivity (Wildman–Crippen MR) is 76.4 cm³/mol. The van der Waals surface area contributed by atoms with Gasteiger partial charge in [0.25, 0.3) is 0 Å². The summed E-state index contributed by atoms with van der Waals surface area (Å²) in [6.07, 6.45) is 5.16. The Morgan fingerprint density at radius 3 is 2.59 bits per heavy atom. The number of hydrogen-bond acceptors (Lipinski definition) is 2. The van der Waals surface area contributed by atoms with Crippen LogP contribution < -0.4 is 5.32 Å². The topological polar surface area (TPSA) is 15.3 Å². The Kier molecular flexibility index (Phi) is 5.94. The van der Waals surface area contributed by atoms with E-state index < -0.39 is 0 Å². The third-order valence-electron chi connectivity index (χ3n) is 4.64. The summed E-state index contributed by atoms with van der Waals surface area (Å²) in [5, 5.41) is 3.78. The molecule has 102 valence electrons. The Morgan fingerprint density at radius 2 is 2.06 bits per heavy atom. The van der Waals surface area contributed by atoms with Crippen molar-refractivity contribution in [3.8, 4) is 0 Å². The number of piperazine rings is 1. The SMILES string of the molecule is CCCCN1CC(C)(CC)NCC1C(C)CC. The number of unbranched alkanes of at least 4 members (excludes halogenated alkanes) is 1. The minimum absolute atomic E-state index is 0.331. The Balaban J connectivity index is 2.65. The lowest BCUT2D eigenvalue weighted by atomic mass is 9.88. The molecule has 0 bridgehead atoms. The molecule has 1 saturated heterocycles. The fourth-order valence-electron chi connectivity index (χ4n) is 2.78. The maximum absolute atomic E-state index is 3.78. The smallest absolute Gasteiger partial charge is 0.0278 e. The molecule has 1 fully saturated rings. The van der Waals surface area contributed by atoms with E-state index in [1.54, 1.807) is 0 Å². The lowest BCUT2D eigenvalue weighted by Crippen LogP contribution is -2.64. The Morgan fingerprint density at radius 1 is 1.35 bits per heavy atom. The zero-order chi connectivity index (χ0) is 12.9. The van der Waals surface area contributed by atoms with Gasteiger partial charge in [-0.25, -0.2) is 0 Å². The Hall–Kier alpha value is -0.0800. The van der Waals surface area contributed by atoms with E-state index in [0.29, 0.717) is 5.54 Å². The van der Waals surface area contributed by atoms with Crippen molar-refractivity contribution in [1.29, 1.82) is 0 Å². The van der Waals surface area contributed by atoms with E-state index in [4.69, 9.17) is 0 Å². The molecule has 0 aromatic carbocycles. The van der Waals surface area contributed by atoms with Crippen LogP contribution in [0.25, 0.3) is 0 Å². The van der Waals surface area contributed by atoms with Gasteiger partial charge in [0, 0.05) is 24.7 Å². The normalized spacial score (nSPS) is 32.6. The molecule has 1 N–H and O–H groups in total. The van der Waals surface area contributed by atoms with Gasteiger partial charge >= 0.3 is 0 Å². The quantitative estimate of drug-likeness (QED) is 0.766. The second-order valence-corrected chi connectivity index (χ2v) is 6.07. The summed E-state index contributed by atoms with van der Waals surface area (Å²) in [4.78, 5) is 2.75. The second-order valence-electron chi connectivity index (χ2n) is 6.07. The summed E-state index contributed by atoms with van der Waals surface area (Å²) in [5.41, 5.74) is 0.331. The molecule has 17 heavy (non-hydrogen) atoms. The molecule has 0 saturated carbocycles. The first-order valence-electron chi connectivity index (χ1n) is 7.55. The minimum Gasteiger partial charge on any atom is -0.309 e. The summed E-state index contributed by atoms with van der Waals surface area (Å²) >= 11 is 0. The molecule has 0 aromatic rings. The average molecular weight is 240 g/mol. The maximum Gasteiger partial charge on any atom is 0.0278 e. The van der Waals surface area contributed by atoms with Crippen molar-refractivity contribution in [2.75, 3.05) is 19.6 Å². The molecule has 0 spiro atoms. The molecule has 0 radical (unpaired) electrons. The van der Waals surface area contributed by atoms with Crippen LogP contribution in [0.5, 0.6) is 0 Å². The van der Waals surface area contributed by atoms with Crippen molar-refractivity contribution < 1.29 is 0 Å². The largest absolute Gasteiger partial charge is 0.309 e. The monoisotopic (exact) mass is 240 g/mol. The van der Waals surface area contributed by atoms with Gasteiger partial charge in [0.2, 0.25) is 0 Å². The zero-order valence-electron chi connectivity index (χ0n) is 12.6. The fraction of sp³-hybridized carbons (Fsp3) is 1.00. The lowest BCUT2D eigenvalue weighted by molar-refractivity contribution is 0.0540. The van der Waals surface area contributed by atoms with Crippen LogP contribution in [0.3, 0.4) is 0 Å². The van der Waals surface area contributed by atoms with Gasteiger partial charge in [0.15, 0.2) is 0 Å². The molecule has 1 rings (SSSR count). The van der Waals surface area contributed by atoms with Crippen LogP contribution >= 0.6 is 0 Å². The molecule has 1 aliphatic heterocycles. The molecule has 2 heteroatoms. The van der Waals surface area contributed by atoms with Gasteiger partial charge in [-0.2, -0.15) is 0 Å². The van der Waals surface area contributed by atoms with Crippen molar-refractivity contribution in [1.82, 2.24) is 10.2 Å². The van der Waals surface area contributed by atoms with Gasteiger partial charge in [0.1, 0.15) is 0 Å². The fourth-order valence-corrected chi connectivity index (χ4v) is 2.78. The summed E-state index contributed by atoms with van der Waals surface area (Å²) < 4.78 is 0. The molecule has 0 aliphatic carbocycles. The van der Waals surface area contributed by atoms with Gasteiger partial charge in [-0.05, 0) is 32.2 Å². The highest BCUT2D eigenvalue weighted by Gasteiger charge is 2.35. The lowest BCUT2D eigenvalue weighted by Gasteiger charge is -2.48. The summed E-state index contributed by atoms with van der Waals surface area (Å²) in [6.45, 7) is 15.4. The molecular weight excluding hydrogens is 208 g/mol. The standard InChI is InChI=1S/C15H32N2/c1-6-9-10-17-12-15(5,8-3)16-11-14(17)13(4)7-2/h13-14,16H,6-12H2,1-5H3. The molecule has 0 aromatic heterocycles. The Bertz CT molecular complexity index is 217. The van der Waals surface area contributed by atoms with Gasteiger partial charge in [-0.3, -0.25) is 4.90 Å². The van der Waals surface area contributed by atoms with Crippen LogP contribution in [-0.4, -0.2) is 36.1 Å². The predicted octanol–water partition coefficient (Wildman–Crippen LogP) is 3.28. The van der Waals surface area contributed by atoms with Crippen LogP contribution in [0.15, 0.2) is 0 Å². The van der Waals surface area contributed by atoms with Crippen LogP contribution in [0.4, 0.5) is 0 Å². The van der Waals surface area contributed by atoms with Crippen LogP contribution in [0, 0.1) is 5.92 Å². The van der Waals surface area contributed by atoms with Gasteiger partial charge in [-0.1, -0.05) is 40.5 Å². The molecule has 0 amide bonds. The summed E-state index contributed by atoms with van der Waals surface area (Å²) in [6, 6.07) is 0.742. The van der Waals surface area contributed by atoms with Crippen LogP contribution in [0.2, 0.25) is 0 Å². The van der Waals surface area contributed by atoms with E-state index >= 15 is 0 Å². The molecule has 2 nitrogen and oxygen atoms in total. The van der Waals surface area contributed by atoms with Crippen molar-refractivity contribution in [2.24, 2.45) is 5.92 Å². The van der Waals surface area contributed by atoms with Crippen LogP contribution in [-0.2, 0) is 0 Å². The Labute approximate surface area is 108 Å². The highest BCUT2D eigenvalue weighted by Crippen LogP contribution is 2.24. The third-order valence-corrected chi connectivity index (χ3v) is 4.64. The van der Waals surface area contributed by atoms with Crippen LogP contribution in [0.1, 0.15) is 60.3 Å². The van der Waals surface area contributed by atoms with E-state index in [1.807, 2.05) is 0 Å². The number of hydrogen-bond donors (Lipinski definition) is 1. The summed E-state index contributed by atoms with van der Waals surface area (Å²) in [5.74, 6) is 0.806. The number of nitrogens with zero attached hydrogens (tertiary/aromatic N) is 1. The van der Waals surface area contributed by atoms with E-state index in [9.17, 15) is 0 Å². The first kappa shape index (κ1) is 15.0. The third kappa shape index (κ3) is 3.96. The second kappa shape index (κ2) is 6.75. The van der Waals surface area contributed by atoms with E-state index in [2.05, 4.69) is 44.8 Å². The van der Waals surface area contributed by atoms with Crippen molar-refractivity contribution >= 4 is 0 Å².